The molecule has 2 N–H and O–H groups in total. The molecule has 0 spiro atoms. The zero-order valence-corrected chi connectivity index (χ0v) is 11.7. The van der Waals surface area contributed by atoms with Gasteiger partial charge in [-0.3, -0.25) is 4.79 Å². The first-order valence-corrected chi connectivity index (χ1v) is 7.19. The van der Waals surface area contributed by atoms with Crippen LogP contribution >= 0.6 is 0 Å². The number of aliphatic carboxylic acids is 1. The predicted molar refractivity (Wildman–Crippen MR) is 71.6 cm³/mol. The van der Waals surface area contributed by atoms with Gasteiger partial charge in [-0.05, 0) is 39.7 Å². The summed E-state index contributed by atoms with van der Waals surface area (Å²) in [7, 11) is 2.24. The topological polar surface area (TPSA) is 52.6 Å². The van der Waals surface area contributed by atoms with Crippen molar-refractivity contribution in [1.29, 1.82) is 0 Å². The minimum atomic E-state index is -0.705. The molecule has 0 aromatic carbocycles. The Bertz CT molecular complexity index is 294. The van der Waals surface area contributed by atoms with Gasteiger partial charge >= 0.3 is 5.97 Å². The molecule has 0 amide bonds. The van der Waals surface area contributed by atoms with Gasteiger partial charge in [-0.1, -0.05) is 13.3 Å². The van der Waals surface area contributed by atoms with Crippen LogP contribution in [-0.2, 0) is 4.79 Å². The SMILES string of the molecule is CC(NC1CC2CCCC(C1)N2C)C(C)C(=O)O. The van der Waals surface area contributed by atoms with E-state index >= 15 is 0 Å². The standard InChI is InChI=1S/C14H26N2O2/c1-9(14(17)18)10(2)15-11-7-12-5-4-6-13(8-11)16(12)3/h9-13,15H,4-8H2,1-3H3,(H,17,18). The van der Waals surface area contributed by atoms with Crippen LogP contribution in [0.25, 0.3) is 0 Å². The Morgan fingerprint density at radius 1 is 1.28 bits per heavy atom. The van der Waals surface area contributed by atoms with Crippen LogP contribution in [-0.4, -0.2) is 47.2 Å². The first kappa shape index (κ1) is 13.8. The number of carbonyl (C=O) groups is 1. The number of hydrogen-bond acceptors (Lipinski definition) is 3. The van der Waals surface area contributed by atoms with Crippen molar-refractivity contribution in [2.24, 2.45) is 5.92 Å². The molecule has 4 nitrogen and oxygen atoms in total. The third-order valence-corrected chi connectivity index (χ3v) is 4.98. The van der Waals surface area contributed by atoms with Crippen molar-refractivity contribution in [2.45, 2.75) is 70.1 Å². The Kier molecular flexibility index (Phi) is 4.28. The highest BCUT2D eigenvalue weighted by molar-refractivity contribution is 5.70. The maximum Gasteiger partial charge on any atom is 0.307 e. The van der Waals surface area contributed by atoms with Gasteiger partial charge in [0.25, 0.3) is 0 Å². The average Bonchev–Trinajstić information content (AvgIpc) is 2.29. The van der Waals surface area contributed by atoms with Crippen molar-refractivity contribution in [3.63, 3.8) is 0 Å². The molecule has 0 aliphatic carbocycles. The summed E-state index contributed by atoms with van der Waals surface area (Å²) in [5, 5.41) is 12.6. The molecule has 2 bridgehead atoms. The highest BCUT2D eigenvalue weighted by Gasteiger charge is 2.36. The van der Waals surface area contributed by atoms with Crippen LogP contribution in [0.2, 0.25) is 0 Å². The van der Waals surface area contributed by atoms with Gasteiger partial charge in [0.15, 0.2) is 0 Å². The number of carboxylic acids is 1. The Morgan fingerprint density at radius 3 is 2.33 bits per heavy atom. The van der Waals surface area contributed by atoms with Crippen molar-refractivity contribution in [3.05, 3.63) is 0 Å². The average molecular weight is 254 g/mol. The van der Waals surface area contributed by atoms with Crippen LogP contribution < -0.4 is 5.32 Å². The Labute approximate surface area is 110 Å². The van der Waals surface area contributed by atoms with Gasteiger partial charge in [-0.2, -0.15) is 0 Å². The number of piperidine rings is 2. The van der Waals surface area contributed by atoms with Crippen LogP contribution in [0.4, 0.5) is 0 Å². The molecule has 0 saturated carbocycles. The molecule has 4 unspecified atom stereocenters. The molecule has 0 aromatic heterocycles. The molecule has 4 heteroatoms. The van der Waals surface area contributed by atoms with Gasteiger partial charge in [0.2, 0.25) is 0 Å². The van der Waals surface area contributed by atoms with E-state index in [0.717, 1.165) is 0 Å². The quantitative estimate of drug-likeness (QED) is 0.802. The summed E-state index contributed by atoms with van der Waals surface area (Å²) < 4.78 is 0. The van der Waals surface area contributed by atoms with Crippen LogP contribution in [0.5, 0.6) is 0 Å². The van der Waals surface area contributed by atoms with E-state index in [4.69, 9.17) is 5.11 Å². The molecule has 4 atom stereocenters. The van der Waals surface area contributed by atoms with Gasteiger partial charge in [0.1, 0.15) is 0 Å². The Balaban J connectivity index is 1.89. The van der Waals surface area contributed by atoms with E-state index in [1.807, 2.05) is 6.92 Å². The molecule has 2 fully saturated rings. The van der Waals surface area contributed by atoms with Crippen molar-refractivity contribution in [1.82, 2.24) is 10.2 Å². The molecule has 0 aromatic rings. The van der Waals surface area contributed by atoms with E-state index in [1.54, 1.807) is 6.92 Å². The van der Waals surface area contributed by atoms with Crippen LogP contribution in [0.15, 0.2) is 0 Å². The second-order valence-corrected chi connectivity index (χ2v) is 6.15. The molecule has 2 aliphatic rings. The molecule has 104 valence electrons. The first-order valence-electron chi connectivity index (χ1n) is 7.19. The lowest BCUT2D eigenvalue weighted by molar-refractivity contribution is -0.142. The highest BCUT2D eigenvalue weighted by Crippen LogP contribution is 2.32. The lowest BCUT2D eigenvalue weighted by Crippen LogP contribution is -2.56. The first-order chi connectivity index (χ1) is 8.49. The summed E-state index contributed by atoms with van der Waals surface area (Å²) in [6.07, 6.45) is 6.29. The number of carboxylic acid groups (broad SMARTS) is 1. The number of rotatable bonds is 4. The van der Waals surface area contributed by atoms with Crippen LogP contribution in [0.3, 0.4) is 0 Å². The summed E-state index contributed by atoms with van der Waals surface area (Å²) in [4.78, 5) is 13.5. The number of hydrogen-bond donors (Lipinski definition) is 2. The molecular weight excluding hydrogens is 228 g/mol. The predicted octanol–water partition coefficient (Wildman–Crippen LogP) is 1.70. The van der Waals surface area contributed by atoms with Crippen LogP contribution in [0.1, 0.15) is 46.0 Å². The molecule has 2 aliphatic heterocycles. The van der Waals surface area contributed by atoms with E-state index in [-0.39, 0.29) is 12.0 Å². The van der Waals surface area contributed by atoms with Gasteiger partial charge in [0, 0.05) is 24.2 Å². The molecule has 0 radical (unpaired) electrons. The Morgan fingerprint density at radius 2 is 1.83 bits per heavy atom. The second-order valence-electron chi connectivity index (χ2n) is 6.15. The summed E-state index contributed by atoms with van der Waals surface area (Å²) in [5.74, 6) is -1.02. The summed E-state index contributed by atoms with van der Waals surface area (Å²) in [5.41, 5.74) is 0. The lowest BCUT2D eigenvalue weighted by Gasteiger charge is -2.48. The largest absolute Gasteiger partial charge is 0.481 e. The zero-order valence-electron chi connectivity index (χ0n) is 11.7. The summed E-state index contributed by atoms with van der Waals surface area (Å²) in [6.45, 7) is 3.78. The number of nitrogens with one attached hydrogen (secondary N) is 1. The van der Waals surface area contributed by atoms with Crippen molar-refractivity contribution >= 4 is 5.97 Å². The normalized spacial score (nSPS) is 36.1. The van der Waals surface area contributed by atoms with Gasteiger partial charge in [-0.25, -0.2) is 0 Å². The van der Waals surface area contributed by atoms with E-state index < -0.39 is 5.97 Å². The monoisotopic (exact) mass is 254 g/mol. The van der Waals surface area contributed by atoms with Crippen molar-refractivity contribution in [2.75, 3.05) is 7.05 Å². The lowest BCUT2D eigenvalue weighted by atomic mass is 9.82. The fourth-order valence-corrected chi connectivity index (χ4v) is 3.48. The van der Waals surface area contributed by atoms with E-state index in [0.29, 0.717) is 18.1 Å². The van der Waals surface area contributed by atoms with Gasteiger partial charge in [-0.15, -0.1) is 0 Å². The zero-order chi connectivity index (χ0) is 13.3. The third kappa shape index (κ3) is 2.86. The molecule has 2 rings (SSSR count). The van der Waals surface area contributed by atoms with Gasteiger partial charge < -0.3 is 15.3 Å². The molecule has 18 heavy (non-hydrogen) atoms. The maximum absolute atomic E-state index is 11.0. The van der Waals surface area contributed by atoms with Crippen LogP contribution in [0, 0.1) is 5.92 Å². The number of fused-ring (bicyclic) bond motifs is 2. The smallest absolute Gasteiger partial charge is 0.307 e. The highest BCUT2D eigenvalue weighted by atomic mass is 16.4. The summed E-state index contributed by atoms with van der Waals surface area (Å²) in [6, 6.07) is 1.94. The van der Waals surface area contributed by atoms with E-state index in [1.165, 1.54) is 32.1 Å². The maximum atomic E-state index is 11.0. The minimum absolute atomic E-state index is 0.0524. The molecule has 2 saturated heterocycles. The minimum Gasteiger partial charge on any atom is -0.481 e. The fraction of sp³-hybridized carbons (Fsp3) is 0.929. The summed E-state index contributed by atoms with van der Waals surface area (Å²) >= 11 is 0. The van der Waals surface area contributed by atoms with Crippen molar-refractivity contribution in [3.8, 4) is 0 Å². The van der Waals surface area contributed by atoms with E-state index in [2.05, 4.69) is 17.3 Å². The number of nitrogens with zero attached hydrogens (tertiary/aromatic N) is 1. The molecular formula is C14H26N2O2. The van der Waals surface area contributed by atoms with E-state index in [9.17, 15) is 4.79 Å². The third-order valence-electron chi connectivity index (χ3n) is 4.98. The Hall–Kier alpha value is -0.610. The molecule has 2 heterocycles. The second kappa shape index (κ2) is 5.57. The van der Waals surface area contributed by atoms with Crippen molar-refractivity contribution < 1.29 is 9.90 Å². The van der Waals surface area contributed by atoms with Gasteiger partial charge in [0.05, 0.1) is 5.92 Å². The fourth-order valence-electron chi connectivity index (χ4n) is 3.48.